The maximum Gasteiger partial charge on any atom is 0.410 e. The number of aromatic nitrogens is 1. The Morgan fingerprint density at radius 1 is 0.912 bits per heavy atom. The van der Waals surface area contributed by atoms with Crippen LogP contribution in [0.15, 0.2) is 18.3 Å². The molecular formula is C24H37N5O5. The van der Waals surface area contributed by atoms with Crippen LogP contribution in [0.4, 0.5) is 21.1 Å². The molecular weight excluding hydrogens is 438 g/mol. The number of nitrogens with zero attached hydrogens (tertiary/aromatic N) is 4. The third-order valence-corrected chi connectivity index (χ3v) is 5.48. The third-order valence-electron chi connectivity index (χ3n) is 5.48. The number of amides is 3. The molecule has 3 heterocycles. The molecule has 0 aliphatic carbocycles. The van der Waals surface area contributed by atoms with E-state index < -0.39 is 23.3 Å². The van der Waals surface area contributed by atoms with Gasteiger partial charge in [-0.25, -0.2) is 14.6 Å². The number of anilines is 2. The topological polar surface area (TPSA) is 104 Å². The summed E-state index contributed by atoms with van der Waals surface area (Å²) in [6.07, 6.45) is 2.28. The van der Waals surface area contributed by atoms with Gasteiger partial charge >= 0.3 is 12.2 Å². The summed E-state index contributed by atoms with van der Waals surface area (Å²) in [5, 5.41) is 2.82. The highest BCUT2D eigenvalue weighted by atomic mass is 16.6. The van der Waals surface area contributed by atoms with Crippen molar-refractivity contribution in [3.05, 3.63) is 18.3 Å². The molecule has 0 bridgehead atoms. The second-order valence-electron chi connectivity index (χ2n) is 10.7. The van der Waals surface area contributed by atoms with E-state index in [1.807, 2.05) is 26.8 Å². The Hall–Kier alpha value is -3.04. The van der Waals surface area contributed by atoms with Gasteiger partial charge in [0, 0.05) is 32.7 Å². The van der Waals surface area contributed by atoms with Gasteiger partial charge in [-0.1, -0.05) is 0 Å². The maximum absolute atomic E-state index is 12.8. The second kappa shape index (κ2) is 10.1. The average molecular weight is 476 g/mol. The van der Waals surface area contributed by atoms with Crippen LogP contribution >= 0.6 is 0 Å². The summed E-state index contributed by atoms with van der Waals surface area (Å²) in [7, 11) is 0. The summed E-state index contributed by atoms with van der Waals surface area (Å²) < 4.78 is 10.9. The first-order valence-corrected chi connectivity index (χ1v) is 11.8. The standard InChI is InChI=1S/C24H37N5O5/c1-23(2,3)33-21(31)28-14-12-27(13-15-28)17-9-10-19(25-16-17)26-20(30)18-8-7-11-29(18)22(32)34-24(4,5)6/h9-10,16,18H,7-8,11-15H2,1-6H3,(H,25,26,30). The number of hydrogen-bond donors (Lipinski definition) is 1. The minimum atomic E-state index is -0.615. The van der Waals surface area contributed by atoms with Crippen LogP contribution in [0.1, 0.15) is 54.4 Å². The van der Waals surface area contributed by atoms with Gasteiger partial charge in [-0.3, -0.25) is 9.69 Å². The van der Waals surface area contributed by atoms with Gasteiger partial charge in [0.25, 0.3) is 0 Å². The Morgan fingerprint density at radius 3 is 2.09 bits per heavy atom. The highest BCUT2D eigenvalue weighted by Gasteiger charge is 2.36. The minimum Gasteiger partial charge on any atom is -0.444 e. The number of carbonyl (C=O) groups is 3. The second-order valence-corrected chi connectivity index (χ2v) is 10.7. The molecule has 2 saturated heterocycles. The number of nitrogens with one attached hydrogen (secondary N) is 1. The first-order chi connectivity index (χ1) is 15.8. The number of hydrogen-bond acceptors (Lipinski definition) is 7. The molecule has 0 aromatic carbocycles. The van der Waals surface area contributed by atoms with Crippen molar-refractivity contribution >= 4 is 29.6 Å². The molecule has 1 aromatic heterocycles. The molecule has 0 spiro atoms. The highest BCUT2D eigenvalue weighted by Crippen LogP contribution is 2.23. The van der Waals surface area contributed by atoms with Crippen LogP contribution in [-0.4, -0.2) is 82.8 Å². The van der Waals surface area contributed by atoms with Gasteiger partial charge in [0.1, 0.15) is 23.1 Å². The van der Waals surface area contributed by atoms with Crippen LogP contribution in [-0.2, 0) is 14.3 Å². The van der Waals surface area contributed by atoms with E-state index in [1.165, 1.54) is 4.90 Å². The van der Waals surface area contributed by atoms with Crippen molar-refractivity contribution in [3.8, 4) is 0 Å². The molecule has 1 N–H and O–H groups in total. The monoisotopic (exact) mass is 475 g/mol. The average Bonchev–Trinajstić information content (AvgIpc) is 3.22. The van der Waals surface area contributed by atoms with Crippen molar-refractivity contribution in [2.24, 2.45) is 0 Å². The molecule has 1 unspecified atom stereocenters. The van der Waals surface area contributed by atoms with Gasteiger partial charge in [0.05, 0.1) is 11.9 Å². The molecule has 0 saturated carbocycles. The van der Waals surface area contributed by atoms with E-state index in [9.17, 15) is 14.4 Å². The van der Waals surface area contributed by atoms with Crippen molar-refractivity contribution in [3.63, 3.8) is 0 Å². The predicted molar refractivity (Wildman–Crippen MR) is 129 cm³/mol. The molecule has 10 nitrogen and oxygen atoms in total. The summed E-state index contributed by atoms with van der Waals surface area (Å²) in [5.41, 5.74) is -0.213. The molecule has 0 radical (unpaired) electrons. The summed E-state index contributed by atoms with van der Waals surface area (Å²) in [6.45, 7) is 13.9. The fourth-order valence-corrected chi connectivity index (χ4v) is 3.91. The van der Waals surface area contributed by atoms with E-state index in [4.69, 9.17) is 9.47 Å². The van der Waals surface area contributed by atoms with E-state index in [1.54, 1.807) is 37.9 Å². The molecule has 3 rings (SSSR count). The van der Waals surface area contributed by atoms with Crippen LogP contribution in [0.2, 0.25) is 0 Å². The molecule has 1 atom stereocenters. The van der Waals surface area contributed by atoms with Crippen molar-refractivity contribution in [1.29, 1.82) is 0 Å². The van der Waals surface area contributed by atoms with E-state index in [0.29, 0.717) is 45.0 Å². The Balaban J connectivity index is 1.52. The molecule has 3 amide bonds. The molecule has 188 valence electrons. The predicted octanol–water partition coefficient (Wildman–Crippen LogP) is 3.48. The summed E-state index contributed by atoms with van der Waals surface area (Å²) >= 11 is 0. The molecule has 2 fully saturated rings. The van der Waals surface area contributed by atoms with Crippen LogP contribution < -0.4 is 10.2 Å². The lowest BCUT2D eigenvalue weighted by atomic mass is 10.2. The fourth-order valence-electron chi connectivity index (χ4n) is 3.91. The fraction of sp³-hybridized carbons (Fsp3) is 0.667. The minimum absolute atomic E-state index is 0.269. The normalized spacial score (nSPS) is 19.1. The highest BCUT2D eigenvalue weighted by molar-refractivity contribution is 5.96. The van der Waals surface area contributed by atoms with E-state index in [2.05, 4.69) is 15.2 Å². The van der Waals surface area contributed by atoms with E-state index >= 15 is 0 Å². The summed E-state index contributed by atoms with van der Waals surface area (Å²) in [6, 6.07) is 3.07. The van der Waals surface area contributed by atoms with Crippen LogP contribution in [0.25, 0.3) is 0 Å². The molecule has 1 aromatic rings. The van der Waals surface area contributed by atoms with Crippen LogP contribution in [0.5, 0.6) is 0 Å². The summed E-state index contributed by atoms with van der Waals surface area (Å²) in [4.78, 5) is 47.2. The van der Waals surface area contributed by atoms with Gasteiger partial charge in [0.15, 0.2) is 0 Å². The number of ether oxygens (including phenoxy) is 2. The Labute approximate surface area is 201 Å². The zero-order chi connectivity index (χ0) is 25.1. The van der Waals surface area contributed by atoms with Crippen LogP contribution in [0, 0.1) is 0 Å². The lowest BCUT2D eigenvalue weighted by Gasteiger charge is -2.36. The Kier molecular flexibility index (Phi) is 7.57. The Morgan fingerprint density at radius 2 is 1.53 bits per heavy atom. The van der Waals surface area contributed by atoms with Crippen molar-refractivity contribution < 1.29 is 23.9 Å². The number of likely N-dealkylation sites (tertiary alicyclic amines) is 1. The van der Waals surface area contributed by atoms with Gasteiger partial charge in [0.2, 0.25) is 5.91 Å². The van der Waals surface area contributed by atoms with Gasteiger partial charge < -0.3 is 24.6 Å². The van der Waals surface area contributed by atoms with Crippen molar-refractivity contribution in [2.75, 3.05) is 42.9 Å². The third kappa shape index (κ3) is 6.98. The largest absolute Gasteiger partial charge is 0.444 e. The number of rotatable bonds is 3. The van der Waals surface area contributed by atoms with Crippen molar-refractivity contribution in [1.82, 2.24) is 14.8 Å². The smallest absolute Gasteiger partial charge is 0.410 e. The zero-order valence-electron chi connectivity index (χ0n) is 21.1. The summed E-state index contributed by atoms with van der Waals surface area (Å²) in [5.74, 6) is 0.159. The van der Waals surface area contributed by atoms with Gasteiger partial charge in [-0.05, 0) is 66.5 Å². The Bertz CT molecular complexity index is 883. The van der Waals surface area contributed by atoms with Gasteiger partial charge in [-0.15, -0.1) is 0 Å². The maximum atomic E-state index is 12.8. The number of piperazine rings is 1. The van der Waals surface area contributed by atoms with Crippen LogP contribution in [0.3, 0.4) is 0 Å². The molecule has 10 heteroatoms. The van der Waals surface area contributed by atoms with Crippen molar-refractivity contribution in [2.45, 2.75) is 71.6 Å². The quantitative estimate of drug-likeness (QED) is 0.714. The lowest BCUT2D eigenvalue weighted by Crippen LogP contribution is -2.50. The SMILES string of the molecule is CC(C)(C)OC(=O)N1CCN(c2ccc(NC(=O)C3CCCN3C(=O)OC(C)(C)C)nc2)CC1. The van der Waals surface area contributed by atoms with E-state index in [-0.39, 0.29) is 12.0 Å². The molecule has 2 aliphatic rings. The molecule has 34 heavy (non-hydrogen) atoms. The number of pyridine rings is 1. The molecule has 2 aliphatic heterocycles. The number of carbonyl (C=O) groups excluding carboxylic acids is 3. The van der Waals surface area contributed by atoms with E-state index in [0.717, 1.165) is 12.1 Å². The first kappa shape index (κ1) is 25.6. The zero-order valence-corrected chi connectivity index (χ0v) is 21.1. The van der Waals surface area contributed by atoms with Gasteiger partial charge in [-0.2, -0.15) is 0 Å². The first-order valence-electron chi connectivity index (χ1n) is 11.8. The lowest BCUT2D eigenvalue weighted by molar-refractivity contribution is -0.120.